The van der Waals surface area contributed by atoms with Crippen molar-refractivity contribution in [2.75, 3.05) is 18.4 Å². The van der Waals surface area contributed by atoms with Gasteiger partial charge in [-0.2, -0.15) is 13.2 Å². The summed E-state index contributed by atoms with van der Waals surface area (Å²) in [5.41, 5.74) is -1.01. The van der Waals surface area contributed by atoms with Crippen LogP contribution in [0.15, 0.2) is 42.5 Å². The van der Waals surface area contributed by atoms with Crippen molar-refractivity contribution in [3.8, 4) is 0 Å². The van der Waals surface area contributed by atoms with Crippen molar-refractivity contribution in [1.29, 1.82) is 0 Å². The van der Waals surface area contributed by atoms with Crippen LogP contribution in [0.1, 0.15) is 53.0 Å². The quantitative estimate of drug-likeness (QED) is 0.481. The molecule has 0 saturated carbocycles. The number of nitrogens with one attached hydrogen (secondary N) is 2. The summed E-state index contributed by atoms with van der Waals surface area (Å²) in [7, 11) is 0. The van der Waals surface area contributed by atoms with Crippen LogP contribution >= 0.6 is 0 Å². The molecule has 11 heteroatoms. The van der Waals surface area contributed by atoms with Gasteiger partial charge in [-0.1, -0.05) is 13.8 Å². The number of carboxylic acids is 1. The Morgan fingerprint density at radius 3 is 2.17 bits per heavy atom. The fourth-order valence-electron chi connectivity index (χ4n) is 3.99. The number of hydrogen-bond acceptors (Lipinski definition) is 4. The molecule has 0 spiro atoms. The molecule has 2 aromatic rings. The van der Waals surface area contributed by atoms with Crippen molar-refractivity contribution in [2.45, 2.75) is 44.9 Å². The number of hydrogen-bond donors (Lipinski definition) is 3. The number of halogens is 4. The van der Waals surface area contributed by atoms with E-state index in [9.17, 15) is 31.9 Å². The smallest absolute Gasteiger partial charge is 0.416 e. The number of benzene rings is 2. The second-order valence-electron chi connectivity index (χ2n) is 9.01. The molecule has 2 amide bonds. The second-order valence-corrected chi connectivity index (χ2v) is 9.01. The number of aromatic carboxylic acids is 1. The average molecular weight is 510 g/mol. The lowest BCUT2D eigenvalue weighted by Gasteiger charge is -2.36. The van der Waals surface area contributed by atoms with Crippen molar-refractivity contribution in [3.63, 3.8) is 0 Å². The minimum atomic E-state index is -4.74. The molecular formula is C25H27F4N3O4. The first-order valence-corrected chi connectivity index (χ1v) is 11.4. The molecule has 1 fully saturated rings. The molecule has 0 radical (unpaired) electrons. The molecule has 2 aromatic carbocycles. The van der Waals surface area contributed by atoms with Crippen LogP contribution in [0.2, 0.25) is 0 Å². The average Bonchev–Trinajstić information content (AvgIpc) is 2.82. The van der Waals surface area contributed by atoms with Crippen LogP contribution in [0.4, 0.5) is 23.2 Å². The van der Waals surface area contributed by atoms with Gasteiger partial charge >= 0.3 is 12.1 Å². The molecule has 3 N–H and O–H groups in total. The van der Waals surface area contributed by atoms with Crippen LogP contribution in [0.3, 0.4) is 0 Å². The number of carbonyl (C=O) groups excluding carboxylic acids is 2. The maximum absolute atomic E-state index is 14.1. The van der Waals surface area contributed by atoms with E-state index < -0.39 is 46.9 Å². The summed E-state index contributed by atoms with van der Waals surface area (Å²) in [5, 5.41) is 14.7. The maximum Gasteiger partial charge on any atom is 0.416 e. The van der Waals surface area contributed by atoms with E-state index in [1.54, 1.807) is 30.9 Å². The van der Waals surface area contributed by atoms with E-state index >= 15 is 0 Å². The lowest BCUT2D eigenvalue weighted by molar-refractivity contribution is -0.138. The lowest BCUT2D eigenvalue weighted by atomic mass is 9.98. The highest BCUT2D eigenvalue weighted by atomic mass is 19.4. The molecule has 1 aliphatic heterocycles. The van der Waals surface area contributed by atoms with Crippen LogP contribution in [-0.4, -0.2) is 53.0 Å². The van der Waals surface area contributed by atoms with E-state index in [4.69, 9.17) is 5.11 Å². The summed E-state index contributed by atoms with van der Waals surface area (Å²) in [5.74, 6) is -4.00. The highest BCUT2D eigenvalue weighted by Gasteiger charge is 2.34. The SMILES string of the molecule is CC(C)[C@@H](NC(=O)c1cc(C(F)(F)F)ccc1F)C(=O)N1CCC(Nc2ccc(C(=O)O)cc2)CC1. The fraction of sp³-hybridized carbons (Fsp3) is 0.400. The third-order valence-corrected chi connectivity index (χ3v) is 6.07. The fourth-order valence-corrected chi connectivity index (χ4v) is 3.99. The van der Waals surface area contributed by atoms with E-state index in [1.807, 2.05) is 0 Å². The molecule has 1 heterocycles. The Bertz CT molecular complexity index is 1110. The van der Waals surface area contributed by atoms with Crippen LogP contribution in [0, 0.1) is 11.7 Å². The first-order valence-electron chi connectivity index (χ1n) is 11.4. The minimum Gasteiger partial charge on any atom is -0.478 e. The van der Waals surface area contributed by atoms with Crippen LogP contribution in [-0.2, 0) is 11.0 Å². The largest absolute Gasteiger partial charge is 0.478 e. The van der Waals surface area contributed by atoms with Gasteiger partial charge in [0, 0.05) is 24.8 Å². The van der Waals surface area contributed by atoms with Gasteiger partial charge in [-0.15, -0.1) is 0 Å². The van der Waals surface area contributed by atoms with Crippen LogP contribution in [0.5, 0.6) is 0 Å². The molecule has 0 unspecified atom stereocenters. The van der Waals surface area contributed by atoms with Gasteiger partial charge in [0.05, 0.1) is 16.7 Å². The van der Waals surface area contributed by atoms with Gasteiger partial charge < -0.3 is 20.6 Å². The molecule has 1 saturated heterocycles. The zero-order valence-electron chi connectivity index (χ0n) is 19.7. The Hall–Kier alpha value is -3.63. The summed E-state index contributed by atoms with van der Waals surface area (Å²) in [6.45, 7) is 4.11. The Balaban J connectivity index is 1.62. The number of alkyl halides is 3. The highest BCUT2D eigenvalue weighted by Crippen LogP contribution is 2.30. The van der Waals surface area contributed by atoms with E-state index in [2.05, 4.69) is 10.6 Å². The molecule has 7 nitrogen and oxygen atoms in total. The Labute approximate surface area is 205 Å². The van der Waals surface area contributed by atoms with Crippen LogP contribution < -0.4 is 10.6 Å². The van der Waals surface area contributed by atoms with Gasteiger partial charge in [-0.3, -0.25) is 9.59 Å². The predicted molar refractivity (Wildman–Crippen MR) is 124 cm³/mol. The lowest BCUT2D eigenvalue weighted by Crippen LogP contribution is -2.54. The number of anilines is 1. The minimum absolute atomic E-state index is 0.0380. The molecule has 3 rings (SSSR count). The van der Waals surface area contributed by atoms with Crippen molar-refractivity contribution in [1.82, 2.24) is 10.2 Å². The third kappa shape index (κ3) is 6.52. The Morgan fingerprint density at radius 1 is 1.03 bits per heavy atom. The number of amides is 2. The van der Waals surface area contributed by atoms with Crippen molar-refractivity contribution in [3.05, 3.63) is 65.0 Å². The monoisotopic (exact) mass is 509 g/mol. The highest BCUT2D eigenvalue weighted by molar-refractivity contribution is 5.98. The predicted octanol–water partition coefficient (Wildman–Crippen LogP) is 4.40. The molecule has 194 valence electrons. The van der Waals surface area contributed by atoms with E-state index in [0.29, 0.717) is 44.1 Å². The normalized spacial score (nSPS) is 15.5. The Morgan fingerprint density at radius 2 is 1.64 bits per heavy atom. The van der Waals surface area contributed by atoms with Gasteiger partial charge in [0.2, 0.25) is 5.91 Å². The van der Waals surface area contributed by atoms with E-state index in [-0.39, 0.29) is 17.5 Å². The van der Waals surface area contributed by atoms with E-state index in [1.165, 1.54) is 12.1 Å². The zero-order valence-corrected chi connectivity index (χ0v) is 19.7. The van der Waals surface area contributed by atoms with Gasteiger partial charge in [-0.25, -0.2) is 9.18 Å². The molecule has 0 aliphatic carbocycles. The summed E-state index contributed by atoms with van der Waals surface area (Å²) < 4.78 is 53.1. The molecule has 36 heavy (non-hydrogen) atoms. The molecular weight excluding hydrogens is 482 g/mol. The number of nitrogens with zero attached hydrogens (tertiary/aromatic N) is 1. The van der Waals surface area contributed by atoms with E-state index in [0.717, 1.165) is 5.69 Å². The van der Waals surface area contributed by atoms with Gasteiger partial charge in [0.15, 0.2) is 0 Å². The van der Waals surface area contributed by atoms with Crippen LogP contribution in [0.25, 0.3) is 0 Å². The van der Waals surface area contributed by atoms with Crippen molar-refractivity contribution < 1.29 is 37.1 Å². The Kier molecular flexibility index (Phi) is 8.21. The third-order valence-electron chi connectivity index (χ3n) is 6.07. The molecule has 0 aromatic heterocycles. The number of rotatable bonds is 7. The first-order chi connectivity index (χ1) is 16.9. The summed E-state index contributed by atoms with van der Waals surface area (Å²) in [4.78, 5) is 38.3. The molecule has 1 aliphatic rings. The van der Waals surface area contributed by atoms with Gasteiger partial charge in [0.1, 0.15) is 11.9 Å². The van der Waals surface area contributed by atoms with Gasteiger partial charge in [0.25, 0.3) is 5.91 Å². The summed E-state index contributed by atoms with van der Waals surface area (Å²) in [6.07, 6.45) is -3.56. The maximum atomic E-state index is 14.1. The molecule has 0 bridgehead atoms. The summed E-state index contributed by atoms with van der Waals surface area (Å²) in [6, 6.07) is 6.88. The summed E-state index contributed by atoms with van der Waals surface area (Å²) >= 11 is 0. The zero-order chi connectivity index (χ0) is 26.6. The van der Waals surface area contributed by atoms with Crippen molar-refractivity contribution in [2.24, 2.45) is 5.92 Å². The number of carboxylic acid groups (broad SMARTS) is 1. The second kappa shape index (κ2) is 11.0. The van der Waals surface area contributed by atoms with Gasteiger partial charge in [-0.05, 0) is 61.2 Å². The number of likely N-dealkylation sites (tertiary alicyclic amines) is 1. The number of carbonyl (C=O) groups is 3. The number of piperidine rings is 1. The standard InChI is InChI=1S/C25H27F4N3O4/c1-14(2)21(31-22(33)19-13-16(25(27,28)29)5-8-20(19)26)23(34)32-11-9-18(10-12-32)30-17-6-3-15(4-7-17)24(35)36/h3-8,13-14,18,21,30H,9-12H2,1-2H3,(H,31,33)(H,35,36)/t21-/m1/s1. The van der Waals surface area contributed by atoms with Crippen molar-refractivity contribution >= 4 is 23.5 Å². The molecule has 1 atom stereocenters. The first kappa shape index (κ1) is 27.0. The topological polar surface area (TPSA) is 98.7 Å².